The van der Waals surface area contributed by atoms with Crippen LogP contribution in [0, 0.1) is 6.92 Å². The van der Waals surface area contributed by atoms with Crippen LogP contribution < -0.4 is 20.1 Å². The second-order valence-corrected chi connectivity index (χ2v) is 7.71. The smallest absolute Gasteiger partial charge is 0.319 e. The molecule has 2 aromatic carbocycles. The number of hydrogen-bond acceptors (Lipinski definition) is 4. The van der Waals surface area contributed by atoms with Crippen molar-refractivity contribution in [2.24, 2.45) is 5.73 Å². The lowest BCUT2D eigenvalue weighted by molar-refractivity contribution is 0.0710. The minimum atomic E-state index is -0.518. The van der Waals surface area contributed by atoms with Crippen LogP contribution in [0.2, 0.25) is 0 Å². The van der Waals surface area contributed by atoms with Crippen molar-refractivity contribution in [1.82, 2.24) is 10.2 Å². The Morgan fingerprint density at radius 1 is 1.36 bits per heavy atom. The van der Waals surface area contributed by atoms with E-state index < -0.39 is 11.6 Å². The molecule has 0 fully saturated rings. The number of anilines is 1. The zero-order chi connectivity index (χ0) is 20.1. The van der Waals surface area contributed by atoms with E-state index in [2.05, 4.69) is 10.2 Å². The monoisotopic (exact) mass is 380 g/mol. The van der Waals surface area contributed by atoms with Gasteiger partial charge >= 0.3 is 6.03 Å². The summed E-state index contributed by atoms with van der Waals surface area (Å²) in [4.78, 5) is 14.3. The van der Waals surface area contributed by atoms with Crippen molar-refractivity contribution in [1.29, 1.82) is 0 Å². The molecule has 1 aromatic heterocycles. The van der Waals surface area contributed by atoms with Gasteiger partial charge in [-0.3, -0.25) is 10.00 Å². The van der Waals surface area contributed by atoms with Crippen molar-refractivity contribution in [3.63, 3.8) is 0 Å². The van der Waals surface area contributed by atoms with Gasteiger partial charge in [0.05, 0.1) is 30.6 Å². The van der Waals surface area contributed by atoms with Gasteiger partial charge in [0.2, 0.25) is 0 Å². The number of carbonyl (C=O) groups excluding carboxylic acids is 1. The van der Waals surface area contributed by atoms with Crippen LogP contribution in [0.1, 0.15) is 37.4 Å². The Balaban J connectivity index is 1.92. The van der Waals surface area contributed by atoms with Gasteiger partial charge in [-0.15, -0.1) is 0 Å². The maximum Gasteiger partial charge on any atom is 0.319 e. The highest BCUT2D eigenvalue weighted by Crippen LogP contribution is 2.48. The van der Waals surface area contributed by atoms with Crippen LogP contribution in [-0.2, 0) is 0 Å². The third-order valence-electron chi connectivity index (χ3n) is 5.30. The molecule has 1 atom stereocenters. The molecular formula is C21H24N4O3. The molecule has 3 N–H and O–H groups in total. The Labute approximate surface area is 163 Å². The van der Waals surface area contributed by atoms with E-state index in [1.165, 1.54) is 0 Å². The lowest BCUT2D eigenvalue weighted by Crippen LogP contribution is -2.46. The van der Waals surface area contributed by atoms with Gasteiger partial charge in [-0.1, -0.05) is 6.07 Å². The number of fused-ring (bicyclic) bond motifs is 2. The number of aromatic nitrogens is 2. The highest BCUT2D eigenvalue weighted by atomic mass is 16.5. The first-order valence-electron chi connectivity index (χ1n) is 9.19. The molecule has 0 bridgehead atoms. The van der Waals surface area contributed by atoms with Gasteiger partial charge in [0.15, 0.2) is 0 Å². The fourth-order valence-corrected chi connectivity index (χ4v) is 4.04. The summed E-state index contributed by atoms with van der Waals surface area (Å²) in [6.07, 6.45) is 2.31. The van der Waals surface area contributed by atoms with Gasteiger partial charge in [0.25, 0.3) is 0 Å². The summed E-state index contributed by atoms with van der Waals surface area (Å²) in [7, 11) is 1.63. The molecule has 1 unspecified atom stereocenters. The summed E-state index contributed by atoms with van der Waals surface area (Å²) in [5.41, 5.74) is 8.80. The van der Waals surface area contributed by atoms with E-state index in [0.717, 1.165) is 39.2 Å². The molecular weight excluding hydrogens is 356 g/mol. The van der Waals surface area contributed by atoms with Crippen molar-refractivity contribution in [2.45, 2.75) is 38.8 Å². The van der Waals surface area contributed by atoms with E-state index in [1.807, 2.05) is 51.1 Å². The van der Waals surface area contributed by atoms with Gasteiger partial charge in [-0.25, -0.2) is 4.79 Å². The molecule has 7 nitrogen and oxygen atoms in total. The zero-order valence-corrected chi connectivity index (χ0v) is 16.4. The van der Waals surface area contributed by atoms with Gasteiger partial charge in [0.1, 0.15) is 17.1 Å². The zero-order valence-electron chi connectivity index (χ0n) is 16.4. The quantitative estimate of drug-likeness (QED) is 0.716. The second kappa shape index (κ2) is 6.44. The van der Waals surface area contributed by atoms with E-state index in [1.54, 1.807) is 18.2 Å². The number of benzene rings is 2. The molecule has 0 saturated heterocycles. The number of nitrogens with one attached hydrogen (secondary N) is 1. The first-order chi connectivity index (χ1) is 13.3. The lowest BCUT2D eigenvalue weighted by atomic mass is 9.87. The summed E-state index contributed by atoms with van der Waals surface area (Å²) in [5, 5.41) is 7.90. The Morgan fingerprint density at radius 3 is 2.86 bits per heavy atom. The Kier molecular flexibility index (Phi) is 4.18. The molecule has 2 heterocycles. The van der Waals surface area contributed by atoms with Crippen LogP contribution >= 0.6 is 0 Å². The number of primary amides is 1. The van der Waals surface area contributed by atoms with Crippen molar-refractivity contribution in [2.75, 3.05) is 12.0 Å². The molecule has 0 radical (unpaired) electrons. The topological polar surface area (TPSA) is 93.5 Å². The molecule has 4 rings (SSSR count). The molecule has 146 valence electrons. The number of carbonyl (C=O) groups is 1. The molecule has 1 aliphatic heterocycles. The number of methoxy groups -OCH3 is 1. The number of aromatic amines is 1. The third-order valence-corrected chi connectivity index (χ3v) is 5.30. The van der Waals surface area contributed by atoms with Crippen LogP contribution in [0.15, 0.2) is 36.5 Å². The fraction of sp³-hybridized carbons (Fsp3) is 0.333. The number of rotatable bonds is 3. The number of hydrogen-bond donors (Lipinski definition) is 2. The Morgan fingerprint density at radius 2 is 2.14 bits per heavy atom. The summed E-state index contributed by atoms with van der Waals surface area (Å²) >= 11 is 0. The number of ether oxygens (including phenoxy) is 2. The highest BCUT2D eigenvalue weighted by Gasteiger charge is 2.40. The van der Waals surface area contributed by atoms with Crippen molar-refractivity contribution < 1.29 is 14.3 Å². The normalized spacial score (nSPS) is 17.6. The molecule has 7 heteroatoms. The second-order valence-electron chi connectivity index (χ2n) is 7.71. The maximum atomic E-state index is 12.6. The molecule has 28 heavy (non-hydrogen) atoms. The summed E-state index contributed by atoms with van der Waals surface area (Å²) in [5.74, 6) is 1.49. The summed E-state index contributed by atoms with van der Waals surface area (Å²) < 4.78 is 11.7. The van der Waals surface area contributed by atoms with Gasteiger partial charge < -0.3 is 15.2 Å². The summed E-state index contributed by atoms with van der Waals surface area (Å²) in [6, 6.07) is 8.75. The molecule has 0 spiro atoms. The van der Waals surface area contributed by atoms with Crippen molar-refractivity contribution in [3.05, 3.63) is 47.7 Å². The predicted octanol–water partition coefficient (Wildman–Crippen LogP) is 4.07. The number of nitrogens with two attached hydrogens (primary N) is 1. The predicted molar refractivity (Wildman–Crippen MR) is 108 cm³/mol. The van der Waals surface area contributed by atoms with Crippen LogP contribution in [0.25, 0.3) is 10.9 Å². The molecule has 2 amide bonds. The Hall–Kier alpha value is -3.22. The number of amides is 2. The largest absolute Gasteiger partial charge is 0.496 e. The third kappa shape index (κ3) is 2.83. The van der Waals surface area contributed by atoms with Crippen LogP contribution in [-0.4, -0.2) is 28.9 Å². The van der Waals surface area contributed by atoms with Crippen LogP contribution in [0.3, 0.4) is 0 Å². The van der Waals surface area contributed by atoms with Crippen molar-refractivity contribution in [3.8, 4) is 11.5 Å². The average molecular weight is 380 g/mol. The van der Waals surface area contributed by atoms with Gasteiger partial charge in [-0.05, 0) is 45.0 Å². The van der Waals surface area contributed by atoms with Gasteiger partial charge in [0, 0.05) is 22.9 Å². The minimum Gasteiger partial charge on any atom is -0.496 e. The standard InChI is InChI=1S/C21H24N4O3/c1-12-18(27-4)9-8-13-17(10-21(2,3)28-19(12)13)25(20(22)26)16-7-5-6-15-14(16)11-23-24-15/h5-9,11,17H,10H2,1-4H3,(H2,22,26)(H,23,24). The van der Waals surface area contributed by atoms with Crippen LogP contribution in [0.4, 0.5) is 10.5 Å². The van der Waals surface area contributed by atoms with E-state index in [4.69, 9.17) is 15.2 Å². The van der Waals surface area contributed by atoms with Crippen molar-refractivity contribution >= 4 is 22.6 Å². The van der Waals surface area contributed by atoms with E-state index in [0.29, 0.717) is 6.42 Å². The number of H-pyrrole nitrogens is 1. The van der Waals surface area contributed by atoms with E-state index >= 15 is 0 Å². The molecule has 1 aliphatic rings. The van der Waals surface area contributed by atoms with E-state index in [-0.39, 0.29) is 6.04 Å². The Bertz CT molecular complexity index is 1060. The average Bonchev–Trinajstić information content (AvgIpc) is 3.11. The van der Waals surface area contributed by atoms with Crippen LogP contribution in [0.5, 0.6) is 11.5 Å². The first kappa shape index (κ1) is 18.2. The number of nitrogens with zero attached hydrogens (tertiary/aromatic N) is 2. The summed E-state index contributed by atoms with van der Waals surface area (Å²) in [6.45, 7) is 5.99. The number of urea groups is 1. The van der Waals surface area contributed by atoms with E-state index in [9.17, 15) is 4.79 Å². The van der Waals surface area contributed by atoms with Gasteiger partial charge in [-0.2, -0.15) is 5.10 Å². The minimum absolute atomic E-state index is 0.277. The highest BCUT2D eigenvalue weighted by molar-refractivity contribution is 6.02. The SMILES string of the molecule is COc1ccc2c(c1C)OC(C)(C)CC2N(C(N)=O)c1cccc2[nH]ncc12. The molecule has 0 saturated carbocycles. The lowest BCUT2D eigenvalue weighted by Gasteiger charge is -2.42. The first-order valence-corrected chi connectivity index (χ1v) is 9.19. The molecule has 3 aromatic rings. The molecule has 0 aliphatic carbocycles. The maximum absolute atomic E-state index is 12.6. The fourth-order valence-electron chi connectivity index (χ4n) is 4.04.